The summed E-state index contributed by atoms with van der Waals surface area (Å²) in [6.07, 6.45) is 2.59. The van der Waals surface area contributed by atoms with Gasteiger partial charge in [0.2, 0.25) is 0 Å². The molecule has 0 N–H and O–H groups in total. The van der Waals surface area contributed by atoms with Crippen LogP contribution in [0, 0.1) is 10.8 Å². The van der Waals surface area contributed by atoms with Crippen molar-refractivity contribution in [1.82, 2.24) is 0 Å². The maximum Gasteiger partial charge on any atom is 0.334 e. The van der Waals surface area contributed by atoms with E-state index in [1.165, 1.54) is 0 Å². The Balaban J connectivity index is 6.84. The summed E-state index contributed by atoms with van der Waals surface area (Å²) in [6, 6.07) is 0. The summed E-state index contributed by atoms with van der Waals surface area (Å²) in [4.78, 5) is 73.4. The van der Waals surface area contributed by atoms with Gasteiger partial charge in [-0.15, -0.1) is 0 Å². The van der Waals surface area contributed by atoms with E-state index in [2.05, 4.69) is 39.5 Å². The van der Waals surface area contributed by atoms with Gasteiger partial charge >= 0.3 is 35.8 Å². The van der Waals surface area contributed by atoms with Crippen molar-refractivity contribution in [3.8, 4) is 0 Å². The maximum atomic E-state index is 12.6. The minimum Gasteiger partial charge on any atom is -0.466 e. The van der Waals surface area contributed by atoms with Crippen molar-refractivity contribution in [3.05, 3.63) is 74.4 Å². The van der Waals surface area contributed by atoms with E-state index in [-0.39, 0.29) is 0 Å². The molecular weight excluding hydrogens is 544 g/mol. The number of rotatable bonds is 19. The molecule has 0 saturated heterocycles. The maximum absolute atomic E-state index is 12.6. The summed E-state index contributed by atoms with van der Waals surface area (Å²) in [5, 5.41) is 0. The van der Waals surface area contributed by atoms with Crippen LogP contribution >= 0.6 is 0 Å². The van der Waals surface area contributed by atoms with Crippen LogP contribution in [0.5, 0.6) is 0 Å². The predicted molar refractivity (Wildman–Crippen MR) is 143 cm³/mol. The normalized spacial score (nSPS) is 10.6. The third-order valence-corrected chi connectivity index (χ3v) is 5.63. The van der Waals surface area contributed by atoms with Crippen LogP contribution in [-0.2, 0) is 61.9 Å². The lowest BCUT2D eigenvalue weighted by Crippen LogP contribution is -2.46. The van der Waals surface area contributed by atoms with Crippen molar-refractivity contribution in [1.29, 1.82) is 0 Å². The Bertz CT molecular complexity index is 983. The standard InChI is InChI=1S/C28H34O13/c1-10-21(29)39-14-27(15-40-22(30)11-2,16-41-23(31)12-3)13-38-17-28(18(4)24(32)35-7,19(5)25(33)36-8)20(6)26(34)37-9/h10-12H,1-6,13-17H2,7-9H3. The summed E-state index contributed by atoms with van der Waals surface area (Å²) in [5.41, 5.74) is -5.25. The molecule has 13 nitrogen and oxygen atoms in total. The fourth-order valence-corrected chi connectivity index (χ4v) is 3.22. The van der Waals surface area contributed by atoms with E-state index in [9.17, 15) is 28.8 Å². The highest BCUT2D eigenvalue weighted by Gasteiger charge is 2.50. The number of carbonyl (C=O) groups is 6. The van der Waals surface area contributed by atoms with Gasteiger partial charge in [0.15, 0.2) is 0 Å². The second-order valence-electron chi connectivity index (χ2n) is 8.24. The molecule has 0 amide bonds. The van der Waals surface area contributed by atoms with Gasteiger partial charge in [0.25, 0.3) is 0 Å². The second-order valence-corrected chi connectivity index (χ2v) is 8.24. The summed E-state index contributed by atoms with van der Waals surface area (Å²) >= 11 is 0. The molecule has 0 radical (unpaired) electrons. The molecule has 0 rings (SSSR count). The van der Waals surface area contributed by atoms with Gasteiger partial charge in [-0.2, -0.15) is 0 Å². The molecule has 0 aromatic carbocycles. The summed E-state index contributed by atoms with van der Waals surface area (Å²) in [7, 11) is 3.09. The molecule has 0 aliphatic heterocycles. The molecule has 0 heterocycles. The Hall–Kier alpha value is -4.78. The molecule has 0 saturated carbocycles. The SMILES string of the molecule is C=CC(=O)OCC(COCC(C(=C)C(=O)OC)(C(=C)C(=O)OC)C(=C)C(=O)OC)(COC(=O)C=C)COC(=O)C=C. The van der Waals surface area contributed by atoms with E-state index in [1.807, 2.05) is 0 Å². The molecule has 41 heavy (non-hydrogen) atoms. The van der Waals surface area contributed by atoms with Crippen LogP contribution in [0.3, 0.4) is 0 Å². The molecule has 0 bridgehead atoms. The fraction of sp³-hybridized carbons (Fsp3) is 0.357. The number of ether oxygens (including phenoxy) is 7. The summed E-state index contributed by atoms with van der Waals surface area (Å²) in [5.74, 6) is -5.79. The molecule has 13 heteroatoms. The van der Waals surface area contributed by atoms with E-state index >= 15 is 0 Å². The van der Waals surface area contributed by atoms with Crippen molar-refractivity contribution in [2.45, 2.75) is 0 Å². The number of esters is 6. The zero-order valence-electron chi connectivity index (χ0n) is 23.3. The van der Waals surface area contributed by atoms with E-state index in [1.54, 1.807) is 0 Å². The number of methoxy groups -OCH3 is 3. The first kappa shape index (κ1) is 36.2. The number of hydrogen-bond acceptors (Lipinski definition) is 13. The van der Waals surface area contributed by atoms with Crippen molar-refractivity contribution < 1.29 is 61.9 Å². The Labute approximate surface area is 237 Å². The molecular formula is C28H34O13. The first-order valence-electron chi connectivity index (χ1n) is 11.5. The zero-order chi connectivity index (χ0) is 31.8. The van der Waals surface area contributed by atoms with Gasteiger partial charge in [-0.25, -0.2) is 28.8 Å². The van der Waals surface area contributed by atoms with Crippen molar-refractivity contribution in [3.63, 3.8) is 0 Å². The lowest BCUT2D eigenvalue weighted by Gasteiger charge is -2.37. The first-order chi connectivity index (χ1) is 19.2. The molecule has 0 aromatic heterocycles. The molecule has 0 aromatic rings. The fourth-order valence-electron chi connectivity index (χ4n) is 3.22. The lowest BCUT2D eigenvalue weighted by atomic mass is 9.69. The predicted octanol–water partition coefficient (Wildman–Crippen LogP) is 1.35. The molecule has 0 aliphatic carbocycles. The Kier molecular flexibility index (Phi) is 15.0. The lowest BCUT2D eigenvalue weighted by molar-refractivity contribution is -0.163. The average molecular weight is 579 g/mol. The molecule has 0 atom stereocenters. The number of carbonyl (C=O) groups excluding carboxylic acids is 6. The van der Waals surface area contributed by atoms with Crippen LogP contribution in [-0.4, -0.2) is 90.2 Å². The first-order valence-corrected chi connectivity index (χ1v) is 11.5. The molecule has 224 valence electrons. The van der Waals surface area contributed by atoms with Crippen molar-refractivity contribution >= 4 is 35.8 Å². The summed E-state index contributed by atoms with van der Waals surface area (Å²) in [6.45, 7) is 18.0. The largest absolute Gasteiger partial charge is 0.466 e. The highest BCUT2D eigenvalue weighted by Crippen LogP contribution is 2.43. The van der Waals surface area contributed by atoms with Crippen molar-refractivity contribution in [2.75, 3.05) is 54.4 Å². The van der Waals surface area contributed by atoms with Crippen molar-refractivity contribution in [2.24, 2.45) is 10.8 Å². The third kappa shape index (κ3) is 9.72. The Morgan fingerprint density at radius 1 is 0.537 bits per heavy atom. The Morgan fingerprint density at radius 2 is 0.829 bits per heavy atom. The van der Waals surface area contributed by atoms with Gasteiger partial charge < -0.3 is 33.2 Å². The van der Waals surface area contributed by atoms with Crippen LogP contribution < -0.4 is 0 Å². The highest BCUT2D eigenvalue weighted by atomic mass is 16.6. The van der Waals surface area contributed by atoms with Gasteiger partial charge in [0.1, 0.15) is 19.8 Å². The van der Waals surface area contributed by atoms with Gasteiger partial charge in [0.05, 0.1) is 45.4 Å². The van der Waals surface area contributed by atoms with Crippen LogP contribution in [0.1, 0.15) is 0 Å². The number of hydrogen-bond donors (Lipinski definition) is 0. The van der Waals surface area contributed by atoms with Crippen LogP contribution in [0.2, 0.25) is 0 Å². The average Bonchev–Trinajstić information content (AvgIpc) is 3.00. The van der Waals surface area contributed by atoms with Crippen LogP contribution in [0.15, 0.2) is 74.4 Å². The highest BCUT2D eigenvalue weighted by molar-refractivity contribution is 6.03. The third-order valence-electron chi connectivity index (χ3n) is 5.63. The quantitative estimate of drug-likeness (QED) is 0.122. The molecule has 0 unspecified atom stereocenters. The van der Waals surface area contributed by atoms with E-state index in [0.717, 1.165) is 39.6 Å². The summed E-state index contributed by atoms with van der Waals surface area (Å²) < 4.78 is 35.5. The van der Waals surface area contributed by atoms with E-state index in [4.69, 9.17) is 33.2 Å². The Morgan fingerprint density at radius 3 is 1.07 bits per heavy atom. The van der Waals surface area contributed by atoms with Gasteiger partial charge in [0, 0.05) is 34.9 Å². The van der Waals surface area contributed by atoms with Gasteiger partial charge in [-0.1, -0.05) is 39.5 Å². The van der Waals surface area contributed by atoms with E-state index in [0.29, 0.717) is 0 Å². The van der Waals surface area contributed by atoms with Crippen LogP contribution in [0.4, 0.5) is 0 Å². The monoisotopic (exact) mass is 578 g/mol. The molecule has 0 spiro atoms. The van der Waals surface area contributed by atoms with Gasteiger partial charge in [-0.3, -0.25) is 0 Å². The minimum absolute atomic E-state index is 0.495. The topological polar surface area (TPSA) is 167 Å². The molecule has 0 fully saturated rings. The van der Waals surface area contributed by atoms with Crippen LogP contribution in [0.25, 0.3) is 0 Å². The van der Waals surface area contributed by atoms with Gasteiger partial charge in [-0.05, 0) is 0 Å². The molecule has 0 aliphatic rings. The zero-order valence-corrected chi connectivity index (χ0v) is 23.3. The second kappa shape index (κ2) is 17.0. The minimum atomic E-state index is -2.17. The smallest absolute Gasteiger partial charge is 0.334 e. The van der Waals surface area contributed by atoms with E-state index < -0.39 is 96.4 Å².